The highest BCUT2D eigenvalue weighted by atomic mass is 16.1. The van der Waals surface area contributed by atoms with Gasteiger partial charge in [-0.2, -0.15) is 0 Å². The van der Waals surface area contributed by atoms with Gasteiger partial charge in [0, 0.05) is 12.6 Å². The fraction of sp³-hybridized carbons (Fsp3) is 0.923. The fourth-order valence-corrected chi connectivity index (χ4v) is 2.56. The van der Waals surface area contributed by atoms with Crippen LogP contribution in [0.3, 0.4) is 0 Å². The summed E-state index contributed by atoms with van der Waals surface area (Å²) in [6.45, 7) is 6.00. The van der Waals surface area contributed by atoms with Crippen LogP contribution in [0, 0.1) is 0 Å². The zero-order chi connectivity index (χ0) is 13.5. The van der Waals surface area contributed by atoms with E-state index < -0.39 is 0 Å². The molecule has 0 aromatic heterocycles. The molecule has 1 fully saturated rings. The number of likely N-dealkylation sites (N-methyl/N-ethyl adjacent to an activating group) is 1. The van der Waals surface area contributed by atoms with E-state index in [4.69, 9.17) is 5.73 Å². The Morgan fingerprint density at radius 1 is 1.44 bits per heavy atom. The van der Waals surface area contributed by atoms with Crippen LogP contribution in [-0.2, 0) is 4.79 Å². The first-order valence-corrected chi connectivity index (χ1v) is 6.96. The number of primary amides is 1. The van der Waals surface area contributed by atoms with E-state index in [1.807, 2.05) is 6.92 Å². The average molecular weight is 256 g/mol. The van der Waals surface area contributed by atoms with Crippen LogP contribution < -0.4 is 11.1 Å². The Balaban J connectivity index is 2.26. The van der Waals surface area contributed by atoms with Crippen molar-refractivity contribution >= 4 is 5.91 Å². The van der Waals surface area contributed by atoms with Crippen molar-refractivity contribution in [2.45, 2.75) is 38.3 Å². The topological polar surface area (TPSA) is 61.6 Å². The fourth-order valence-electron chi connectivity index (χ4n) is 2.56. The quantitative estimate of drug-likeness (QED) is 0.666. The third-order valence-electron chi connectivity index (χ3n) is 3.82. The summed E-state index contributed by atoms with van der Waals surface area (Å²) in [6, 6.07) is 0.531. The summed E-state index contributed by atoms with van der Waals surface area (Å²) in [5.41, 5.74) is 5.37. The molecule has 1 aliphatic rings. The molecular formula is C13H28N4O. The third-order valence-corrected chi connectivity index (χ3v) is 3.82. The highest BCUT2D eigenvalue weighted by Gasteiger charge is 2.22. The number of likely N-dealkylation sites (tertiary alicyclic amines) is 1. The molecule has 3 N–H and O–H groups in total. The predicted octanol–water partition coefficient (Wildman–Crippen LogP) is -0.134. The van der Waals surface area contributed by atoms with Crippen molar-refractivity contribution in [2.24, 2.45) is 5.73 Å². The van der Waals surface area contributed by atoms with E-state index in [2.05, 4.69) is 29.2 Å². The summed E-state index contributed by atoms with van der Waals surface area (Å²) in [5.74, 6) is -0.236. The molecule has 0 aromatic carbocycles. The molecule has 1 unspecified atom stereocenters. The Hall–Kier alpha value is -0.650. The lowest BCUT2D eigenvalue weighted by Crippen LogP contribution is -2.46. The number of hydrogen-bond donors (Lipinski definition) is 2. The predicted molar refractivity (Wildman–Crippen MR) is 74.4 cm³/mol. The Labute approximate surface area is 111 Å². The van der Waals surface area contributed by atoms with Gasteiger partial charge >= 0.3 is 0 Å². The SMILES string of the molecule is CCNC(CCN1CCC(N(C)C)CC1)C(N)=O. The summed E-state index contributed by atoms with van der Waals surface area (Å²) >= 11 is 0. The number of nitrogens with zero attached hydrogens (tertiary/aromatic N) is 2. The van der Waals surface area contributed by atoms with E-state index in [0.717, 1.165) is 32.6 Å². The van der Waals surface area contributed by atoms with Crippen LogP contribution in [0.2, 0.25) is 0 Å². The summed E-state index contributed by atoms with van der Waals surface area (Å²) in [7, 11) is 4.29. The van der Waals surface area contributed by atoms with Crippen LogP contribution in [0.25, 0.3) is 0 Å². The highest BCUT2D eigenvalue weighted by Crippen LogP contribution is 2.14. The van der Waals surface area contributed by atoms with Gasteiger partial charge in [0.05, 0.1) is 6.04 Å². The molecule has 106 valence electrons. The van der Waals surface area contributed by atoms with Gasteiger partial charge in [-0.3, -0.25) is 4.79 Å². The summed E-state index contributed by atoms with van der Waals surface area (Å²) in [5, 5.41) is 3.14. The van der Waals surface area contributed by atoms with Crippen molar-refractivity contribution in [3.05, 3.63) is 0 Å². The number of hydrogen-bond acceptors (Lipinski definition) is 4. The van der Waals surface area contributed by atoms with E-state index in [1.54, 1.807) is 0 Å². The lowest BCUT2D eigenvalue weighted by molar-refractivity contribution is -0.120. The molecule has 0 saturated carbocycles. The third kappa shape index (κ3) is 4.92. The molecule has 0 aliphatic carbocycles. The molecule has 0 spiro atoms. The van der Waals surface area contributed by atoms with Gasteiger partial charge in [-0.15, -0.1) is 0 Å². The molecular weight excluding hydrogens is 228 g/mol. The van der Waals surface area contributed by atoms with Gasteiger partial charge in [0.1, 0.15) is 0 Å². The highest BCUT2D eigenvalue weighted by molar-refractivity contribution is 5.79. The molecule has 0 bridgehead atoms. The number of nitrogens with two attached hydrogens (primary N) is 1. The average Bonchev–Trinajstić information content (AvgIpc) is 2.34. The Kier molecular flexibility index (Phi) is 6.60. The zero-order valence-electron chi connectivity index (χ0n) is 12.0. The van der Waals surface area contributed by atoms with Gasteiger partial charge < -0.3 is 20.9 Å². The van der Waals surface area contributed by atoms with E-state index >= 15 is 0 Å². The van der Waals surface area contributed by atoms with Crippen LogP contribution in [0.4, 0.5) is 0 Å². The maximum absolute atomic E-state index is 11.2. The molecule has 5 heteroatoms. The molecule has 5 nitrogen and oxygen atoms in total. The van der Waals surface area contributed by atoms with E-state index in [-0.39, 0.29) is 11.9 Å². The van der Waals surface area contributed by atoms with Crippen molar-refractivity contribution in [1.82, 2.24) is 15.1 Å². The van der Waals surface area contributed by atoms with Crippen molar-refractivity contribution in [2.75, 3.05) is 40.3 Å². The normalized spacial score (nSPS) is 20.2. The Bertz CT molecular complexity index is 249. The van der Waals surface area contributed by atoms with Crippen LogP contribution in [-0.4, -0.2) is 68.1 Å². The van der Waals surface area contributed by atoms with Gasteiger partial charge in [0.25, 0.3) is 0 Å². The Morgan fingerprint density at radius 2 is 2.06 bits per heavy atom. The molecule has 1 aliphatic heterocycles. The van der Waals surface area contributed by atoms with E-state index in [9.17, 15) is 4.79 Å². The maximum atomic E-state index is 11.2. The van der Waals surface area contributed by atoms with E-state index in [0.29, 0.717) is 6.04 Å². The number of carbonyl (C=O) groups is 1. The molecule has 1 atom stereocenters. The number of rotatable bonds is 7. The minimum Gasteiger partial charge on any atom is -0.368 e. The van der Waals surface area contributed by atoms with Crippen molar-refractivity contribution in [3.63, 3.8) is 0 Å². The number of carbonyl (C=O) groups excluding carboxylic acids is 1. The minimum atomic E-state index is -0.236. The molecule has 1 amide bonds. The van der Waals surface area contributed by atoms with Crippen molar-refractivity contribution in [1.29, 1.82) is 0 Å². The van der Waals surface area contributed by atoms with Crippen LogP contribution in [0.15, 0.2) is 0 Å². The van der Waals surface area contributed by atoms with Gasteiger partial charge in [-0.25, -0.2) is 0 Å². The van der Waals surface area contributed by atoms with Crippen LogP contribution in [0.5, 0.6) is 0 Å². The van der Waals surface area contributed by atoms with Gasteiger partial charge in [0.2, 0.25) is 5.91 Å². The second-order valence-corrected chi connectivity index (χ2v) is 5.34. The molecule has 1 rings (SSSR count). The first-order valence-electron chi connectivity index (χ1n) is 6.96. The minimum absolute atomic E-state index is 0.179. The molecule has 1 saturated heterocycles. The molecule has 0 aromatic rings. The van der Waals surface area contributed by atoms with Crippen molar-refractivity contribution in [3.8, 4) is 0 Å². The zero-order valence-corrected chi connectivity index (χ0v) is 12.0. The lowest BCUT2D eigenvalue weighted by Gasteiger charge is -2.35. The van der Waals surface area contributed by atoms with Gasteiger partial charge in [-0.1, -0.05) is 6.92 Å². The van der Waals surface area contributed by atoms with Gasteiger partial charge in [-0.05, 0) is 53.0 Å². The Morgan fingerprint density at radius 3 is 2.50 bits per heavy atom. The van der Waals surface area contributed by atoms with E-state index in [1.165, 1.54) is 12.8 Å². The standard InChI is InChI=1S/C13H28N4O/c1-4-15-12(13(14)18)7-10-17-8-5-11(6-9-17)16(2)3/h11-12,15H,4-10H2,1-3H3,(H2,14,18). The smallest absolute Gasteiger partial charge is 0.234 e. The summed E-state index contributed by atoms with van der Waals surface area (Å²) < 4.78 is 0. The number of piperidine rings is 1. The second kappa shape index (κ2) is 7.71. The first-order chi connectivity index (χ1) is 8.54. The van der Waals surface area contributed by atoms with Crippen LogP contribution in [0.1, 0.15) is 26.2 Å². The van der Waals surface area contributed by atoms with Crippen molar-refractivity contribution < 1.29 is 4.79 Å². The summed E-state index contributed by atoms with van der Waals surface area (Å²) in [6.07, 6.45) is 3.25. The number of amides is 1. The molecule has 0 radical (unpaired) electrons. The summed E-state index contributed by atoms with van der Waals surface area (Å²) in [4.78, 5) is 16.0. The van der Waals surface area contributed by atoms with Gasteiger partial charge in [0.15, 0.2) is 0 Å². The molecule has 18 heavy (non-hydrogen) atoms. The van der Waals surface area contributed by atoms with Crippen LogP contribution >= 0.6 is 0 Å². The lowest BCUT2D eigenvalue weighted by atomic mass is 10.0. The molecule has 1 heterocycles. The second-order valence-electron chi connectivity index (χ2n) is 5.34. The maximum Gasteiger partial charge on any atom is 0.234 e. The monoisotopic (exact) mass is 256 g/mol. The first kappa shape index (κ1) is 15.4. The number of nitrogens with one attached hydrogen (secondary N) is 1. The largest absolute Gasteiger partial charge is 0.368 e.